The van der Waals surface area contributed by atoms with Gasteiger partial charge in [0.25, 0.3) is 0 Å². The monoisotopic (exact) mass is 309 g/mol. The zero-order chi connectivity index (χ0) is 14.4. The molecule has 1 aromatic carbocycles. The van der Waals surface area contributed by atoms with E-state index in [0.717, 1.165) is 17.7 Å². The summed E-state index contributed by atoms with van der Waals surface area (Å²) in [5.74, 6) is 4.68. The van der Waals surface area contributed by atoms with Gasteiger partial charge >= 0.3 is 0 Å². The Balaban J connectivity index is 1.80. The Labute approximate surface area is 132 Å². The first-order chi connectivity index (χ1) is 9.65. The maximum atomic E-state index is 3.69. The van der Waals surface area contributed by atoms with Crippen molar-refractivity contribution in [2.45, 2.75) is 38.5 Å². The molecule has 0 aromatic heterocycles. The predicted molar refractivity (Wildman–Crippen MR) is 95.0 cm³/mol. The van der Waals surface area contributed by atoms with Gasteiger partial charge in [-0.3, -0.25) is 0 Å². The molecule has 3 heteroatoms. The minimum atomic E-state index is 0.454. The van der Waals surface area contributed by atoms with Crippen molar-refractivity contribution in [1.82, 2.24) is 5.32 Å². The molecule has 0 amide bonds. The third-order valence-corrected chi connectivity index (χ3v) is 6.51. The molecule has 1 heterocycles. The zero-order valence-electron chi connectivity index (χ0n) is 12.9. The van der Waals surface area contributed by atoms with Gasteiger partial charge in [-0.05, 0) is 30.4 Å². The Bertz CT molecular complexity index is 382. The van der Waals surface area contributed by atoms with Crippen LogP contribution in [-0.2, 0) is 6.42 Å². The van der Waals surface area contributed by atoms with E-state index in [4.69, 9.17) is 0 Å². The fraction of sp³-hybridized carbons (Fsp3) is 0.647. The Kier molecular flexibility index (Phi) is 6.79. The van der Waals surface area contributed by atoms with Gasteiger partial charge in [-0.2, -0.15) is 23.5 Å². The summed E-state index contributed by atoms with van der Waals surface area (Å²) in [5, 5.41) is 4.48. The van der Waals surface area contributed by atoms with E-state index in [2.05, 4.69) is 73.9 Å². The molecule has 1 aromatic rings. The summed E-state index contributed by atoms with van der Waals surface area (Å²) in [6.45, 7) is 7.96. The second kappa shape index (κ2) is 8.35. The van der Waals surface area contributed by atoms with Gasteiger partial charge in [0.15, 0.2) is 0 Å². The van der Waals surface area contributed by atoms with Crippen molar-refractivity contribution in [3.05, 3.63) is 35.4 Å². The van der Waals surface area contributed by atoms with Crippen molar-refractivity contribution in [3.63, 3.8) is 0 Å². The van der Waals surface area contributed by atoms with Crippen LogP contribution in [0.3, 0.4) is 0 Å². The van der Waals surface area contributed by atoms with Crippen LogP contribution in [0.15, 0.2) is 24.3 Å². The summed E-state index contributed by atoms with van der Waals surface area (Å²) in [4.78, 5) is 0. The van der Waals surface area contributed by atoms with Gasteiger partial charge in [0.05, 0.1) is 0 Å². The second-order valence-corrected chi connectivity index (χ2v) is 8.60. The summed E-state index contributed by atoms with van der Waals surface area (Å²) in [7, 11) is 0. The average molecular weight is 310 g/mol. The molecule has 2 atom stereocenters. The molecule has 1 fully saturated rings. The molecule has 1 saturated heterocycles. The highest BCUT2D eigenvalue weighted by molar-refractivity contribution is 8.06. The van der Waals surface area contributed by atoms with Crippen LogP contribution in [0.1, 0.15) is 37.9 Å². The highest BCUT2D eigenvalue weighted by Gasteiger charge is 2.15. The minimum Gasteiger partial charge on any atom is -0.309 e. The fourth-order valence-electron chi connectivity index (χ4n) is 2.49. The average Bonchev–Trinajstić information content (AvgIpc) is 2.46. The number of hydrogen-bond acceptors (Lipinski definition) is 3. The largest absolute Gasteiger partial charge is 0.309 e. The van der Waals surface area contributed by atoms with E-state index in [0.29, 0.717) is 6.04 Å². The third kappa shape index (κ3) is 5.34. The normalized spacial score (nSPS) is 21.1. The molecule has 112 valence electrons. The quantitative estimate of drug-likeness (QED) is 0.837. The Morgan fingerprint density at radius 2 is 1.90 bits per heavy atom. The molecule has 0 spiro atoms. The van der Waals surface area contributed by atoms with Crippen molar-refractivity contribution in [2.75, 3.05) is 23.8 Å². The zero-order valence-corrected chi connectivity index (χ0v) is 14.5. The van der Waals surface area contributed by atoms with Crippen LogP contribution >= 0.6 is 23.5 Å². The molecule has 0 bridgehead atoms. The first-order valence-corrected chi connectivity index (χ1v) is 9.87. The standard InChI is InChI=1S/C17H27NS2/c1-13(2)10-15-4-6-16(7-5-15)14(3)18-11-17-12-19-8-9-20-17/h4-7,13-14,17-18H,8-12H2,1-3H3. The maximum Gasteiger partial charge on any atom is 0.0292 e. The predicted octanol–water partition coefficient (Wildman–Crippen LogP) is 4.38. The molecule has 1 nitrogen and oxygen atoms in total. The Morgan fingerprint density at radius 3 is 2.50 bits per heavy atom. The van der Waals surface area contributed by atoms with Crippen LogP contribution in [-0.4, -0.2) is 29.1 Å². The van der Waals surface area contributed by atoms with Gasteiger partial charge in [-0.25, -0.2) is 0 Å². The first kappa shape index (κ1) is 16.3. The smallest absolute Gasteiger partial charge is 0.0292 e. The summed E-state index contributed by atoms with van der Waals surface area (Å²) < 4.78 is 0. The van der Waals surface area contributed by atoms with E-state index in [9.17, 15) is 0 Å². The van der Waals surface area contributed by atoms with E-state index in [1.807, 2.05) is 0 Å². The number of rotatable bonds is 6. The van der Waals surface area contributed by atoms with E-state index >= 15 is 0 Å². The van der Waals surface area contributed by atoms with Gasteiger partial charge in [0, 0.05) is 35.1 Å². The van der Waals surface area contributed by atoms with Crippen LogP contribution in [0.2, 0.25) is 0 Å². The molecule has 0 radical (unpaired) electrons. The van der Waals surface area contributed by atoms with E-state index in [-0.39, 0.29) is 0 Å². The van der Waals surface area contributed by atoms with Crippen molar-refractivity contribution in [1.29, 1.82) is 0 Å². The number of nitrogens with one attached hydrogen (secondary N) is 1. The lowest BCUT2D eigenvalue weighted by Gasteiger charge is -2.23. The van der Waals surface area contributed by atoms with Gasteiger partial charge in [0.2, 0.25) is 0 Å². The van der Waals surface area contributed by atoms with Gasteiger partial charge < -0.3 is 5.32 Å². The number of thioether (sulfide) groups is 2. The lowest BCUT2D eigenvalue weighted by Crippen LogP contribution is -2.30. The molecule has 0 saturated carbocycles. The molecule has 0 aliphatic carbocycles. The summed E-state index contributed by atoms with van der Waals surface area (Å²) in [6.07, 6.45) is 1.18. The molecule has 1 N–H and O–H groups in total. The lowest BCUT2D eigenvalue weighted by atomic mass is 10.00. The fourth-order valence-corrected chi connectivity index (χ4v) is 5.12. The third-order valence-electron chi connectivity index (χ3n) is 3.66. The Morgan fingerprint density at radius 1 is 1.15 bits per heavy atom. The Hall–Kier alpha value is -0.120. The molecule has 1 aliphatic rings. The van der Waals surface area contributed by atoms with Crippen molar-refractivity contribution in [3.8, 4) is 0 Å². The highest BCUT2D eigenvalue weighted by atomic mass is 32.2. The van der Waals surface area contributed by atoms with Crippen LogP contribution in [0, 0.1) is 5.92 Å². The molecule has 1 aliphatic heterocycles. The van der Waals surface area contributed by atoms with Crippen LogP contribution in [0.25, 0.3) is 0 Å². The van der Waals surface area contributed by atoms with Crippen LogP contribution in [0.4, 0.5) is 0 Å². The summed E-state index contributed by atoms with van der Waals surface area (Å²) in [5.41, 5.74) is 2.86. The highest BCUT2D eigenvalue weighted by Crippen LogP contribution is 2.24. The van der Waals surface area contributed by atoms with Crippen molar-refractivity contribution >= 4 is 23.5 Å². The topological polar surface area (TPSA) is 12.0 Å². The lowest BCUT2D eigenvalue weighted by molar-refractivity contribution is 0.576. The maximum absolute atomic E-state index is 3.69. The van der Waals surface area contributed by atoms with Crippen LogP contribution in [0.5, 0.6) is 0 Å². The second-order valence-electron chi connectivity index (χ2n) is 6.04. The first-order valence-electron chi connectivity index (χ1n) is 7.66. The van der Waals surface area contributed by atoms with E-state index in [1.165, 1.54) is 34.8 Å². The number of hydrogen-bond donors (Lipinski definition) is 1. The van der Waals surface area contributed by atoms with Crippen molar-refractivity contribution < 1.29 is 0 Å². The molecular weight excluding hydrogens is 282 g/mol. The van der Waals surface area contributed by atoms with Gasteiger partial charge in [-0.15, -0.1) is 0 Å². The minimum absolute atomic E-state index is 0.454. The SMILES string of the molecule is CC(C)Cc1ccc(C(C)NCC2CSCCS2)cc1. The van der Waals surface area contributed by atoms with E-state index < -0.39 is 0 Å². The van der Waals surface area contributed by atoms with Crippen LogP contribution < -0.4 is 5.32 Å². The molecule has 20 heavy (non-hydrogen) atoms. The summed E-state index contributed by atoms with van der Waals surface area (Å²) >= 11 is 4.22. The summed E-state index contributed by atoms with van der Waals surface area (Å²) in [6, 6.07) is 9.61. The van der Waals surface area contributed by atoms with Crippen molar-refractivity contribution in [2.24, 2.45) is 5.92 Å². The van der Waals surface area contributed by atoms with Gasteiger partial charge in [-0.1, -0.05) is 38.1 Å². The molecule has 2 rings (SSSR count). The van der Waals surface area contributed by atoms with Gasteiger partial charge in [0.1, 0.15) is 0 Å². The number of benzene rings is 1. The molecular formula is C17H27NS2. The molecule has 2 unspecified atom stereocenters. The van der Waals surface area contributed by atoms with E-state index in [1.54, 1.807) is 0 Å².